The van der Waals surface area contributed by atoms with Gasteiger partial charge in [-0.25, -0.2) is 0 Å². The van der Waals surface area contributed by atoms with Crippen molar-refractivity contribution in [1.82, 2.24) is 0 Å². The van der Waals surface area contributed by atoms with Gasteiger partial charge >= 0.3 is 0 Å². The lowest BCUT2D eigenvalue weighted by Crippen LogP contribution is -2.13. The molecule has 1 rings (SSSR count). The molecule has 0 N–H and O–H groups in total. The van der Waals surface area contributed by atoms with Gasteiger partial charge in [0, 0.05) is 0 Å². The fourth-order valence-corrected chi connectivity index (χ4v) is 1.73. The van der Waals surface area contributed by atoms with Gasteiger partial charge in [-0.2, -0.15) is 0 Å². The van der Waals surface area contributed by atoms with Gasteiger partial charge in [0.2, 0.25) is 0 Å². The summed E-state index contributed by atoms with van der Waals surface area (Å²) in [6.45, 7) is 11.9. The fraction of sp³-hybridized carbons (Fsp3) is 0.529. The third kappa shape index (κ3) is 5.93. The molecule has 0 saturated heterocycles. The zero-order valence-electron chi connectivity index (χ0n) is 12.8. The van der Waals surface area contributed by atoms with Gasteiger partial charge in [-0.1, -0.05) is 45.0 Å². The van der Waals surface area contributed by atoms with Crippen LogP contribution in [-0.4, -0.2) is 19.3 Å². The molecule has 0 heterocycles. The van der Waals surface area contributed by atoms with Gasteiger partial charge in [0.1, 0.15) is 12.4 Å². The summed E-state index contributed by atoms with van der Waals surface area (Å²) in [5.41, 5.74) is 1.34. The van der Waals surface area contributed by atoms with Crippen LogP contribution in [0.4, 0.5) is 0 Å². The summed E-state index contributed by atoms with van der Waals surface area (Å²) in [6, 6.07) is 8.22. The monoisotopic (exact) mass is 262 g/mol. The minimum atomic E-state index is 0.0983. The van der Waals surface area contributed by atoms with Crippen molar-refractivity contribution >= 4 is 0 Å². The fourth-order valence-electron chi connectivity index (χ4n) is 1.73. The van der Waals surface area contributed by atoms with E-state index < -0.39 is 0 Å². The summed E-state index contributed by atoms with van der Waals surface area (Å²) in [6.07, 6.45) is 4.27. The number of hydrogen-bond acceptors (Lipinski definition) is 2. The quantitative estimate of drug-likeness (QED) is 0.710. The molecule has 0 amide bonds. The van der Waals surface area contributed by atoms with Crippen LogP contribution in [0.5, 0.6) is 5.75 Å². The lowest BCUT2D eigenvalue weighted by atomic mass is 9.86. The summed E-state index contributed by atoms with van der Waals surface area (Å²) < 4.78 is 11.3. The zero-order chi connectivity index (χ0) is 14.3. The number of benzene rings is 1. The average Bonchev–Trinajstić information content (AvgIpc) is 2.32. The van der Waals surface area contributed by atoms with Crippen LogP contribution in [0.3, 0.4) is 0 Å². The van der Waals surface area contributed by atoms with Crippen molar-refractivity contribution < 1.29 is 9.47 Å². The molecular weight excluding hydrogens is 236 g/mol. The van der Waals surface area contributed by atoms with Gasteiger partial charge in [0.15, 0.2) is 0 Å². The van der Waals surface area contributed by atoms with Crippen molar-refractivity contribution in [2.45, 2.75) is 46.1 Å². The Hall–Kier alpha value is -1.28. The number of rotatable bonds is 6. The minimum Gasteiger partial charge on any atom is -0.489 e. The molecule has 1 aromatic carbocycles. The Morgan fingerprint density at radius 1 is 1.05 bits per heavy atom. The van der Waals surface area contributed by atoms with Crippen LogP contribution in [-0.2, 0) is 10.2 Å². The molecule has 106 valence electrons. The molecule has 19 heavy (non-hydrogen) atoms. The highest BCUT2D eigenvalue weighted by Gasteiger charge is 2.17. The lowest BCUT2D eigenvalue weighted by molar-refractivity contribution is 0.102. The molecule has 1 aromatic rings. The molecule has 0 radical (unpaired) electrons. The predicted octanol–water partition coefficient (Wildman–Crippen LogP) is 4.34. The van der Waals surface area contributed by atoms with Crippen LogP contribution in [0.25, 0.3) is 0 Å². The van der Waals surface area contributed by atoms with Gasteiger partial charge in [-0.3, -0.25) is 0 Å². The standard InChI is InChI=1S/C17H26O2/c1-14(2)18-12-8-9-13-19-16-11-7-6-10-15(16)17(3,4)5/h6-11,14H,12-13H2,1-5H3/b9-8+. The molecule has 0 spiro atoms. The van der Waals surface area contributed by atoms with E-state index in [0.29, 0.717) is 13.2 Å². The lowest BCUT2D eigenvalue weighted by Gasteiger charge is -2.22. The van der Waals surface area contributed by atoms with Crippen molar-refractivity contribution in [3.63, 3.8) is 0 Å². The highest BCUT2D eigenvalue weighted by Crippen LogP contribution is 2.30. The van der Waals surface area contributed by atoms with Gasteiger partial charge in [-0.15, -0.1) is 0 Å². The Bertz CT molecular complexity index is 400. The Morgan fingerprint density at radius 2 is 1.68 bits per heavy atom. The average molecular weight is 262 g/mol. The molecule has 0 unspecified atom stereocenters. The maximum Gasteiger partial charge on any atom is 0.123 e. The Balaban J connectivity index is 2.50. The topological polar surface area (TPSA) is 18.5 Å². The van der Waals surface area contributed by atoms with Crippen LogP contribution in [0.2, 0.25) is 0 Å². The minimum absolute atomic E-state index is 0.0983. The third-order valence-electron chi connectivity index (χ3n) is 2.72. The zero-order valence-corrected chi connectivity index (χ0v) is 12.8. The van der Waals surface area contributed by atoms with E-state index in [4.69, 9.17) is 9.47 Å². The normalized spacial score (nSPS) is 12.3. The van der Waals surface area contributed by atoms with Crippen molar-refractivity contribution in [2.24, 2.45) is 0 Å². The third-order valence-corrected chi connectivity index (χ3v) is 2.72. The van der Waals surface area contributed by atoms with E-state index in [1.54, 1.807) is 0 Å². The Morgan fingerprint density at radius 3 is 2.32 bits per heavy atom. The van der Waals surface area contributed by atoms with Crippen molar-refractivity contribution in [3.05, 3.63) is 42.0 Å². The number of hydrogen-bond donors (Lipinski definition) is 0. The molecule has 2 heteroatoms. The van der Waals surface area contributed by atoms with Crippen LogP contribution in [0.1, 0.15) is 40.2 Å². The van der Waals surface area contributed by atoms with Crippen LogP contribution in [0, 0.1) is 0 Å². The van der Waals surface area contributed by atoms with Crippen LogP contribution in [0.15, 0.2) is 36.4 Å². The van der Waals surface area contributed by atoms with E-state index in [1.165, 1.54) is 5.56 Å². The first-order valence-electron chi connectivity index (χ1n) is 6.90. The summed E-state index contributed by atoms with van der Waals surface area (Å²) in [7, 11) is 0. The number of ether oxygens (including phenoxy) is 2. The van der Waals surface area contributed by atoms with Crippen LogP contribution >= 0.6 is 0 Å². The Kier molecular flexibility index (Phi) is 6.10. The van der Waals surface area contributed by atoms with Crippen LogP contribution < -0.4 is 4.74 Å². The van der Waals surface area contributed by atoms with Gasteiger partial charge in [-0.05, 0) is 37.0 Å². The summed E-state index contributed by atoms with van der Waals surface area (Å²) in [5.74, 6) is 0.962. The van der Waals surface area contributed by atoms with Gasteiger partial charge < -0.3 is 9.47 Å². The summed E-state index contributed by atoms with van der Waals surface area (Å²) in [5, 5.41) is 0. The first-order chi connectivity index (χ1) is 8.91. The summed E-state index contributed by atoms with van der Waals surface area (Å²) >= 11 is 0. The van der Waals surface area contributed by atoms with E-state index in [0.717, 1.165) is 5.75 Å². The smallest absolute Gasteiger partial charge is 0.123 e. The molecule has 0 aliphatic heterocycles. The van der Waals surface area contributed by atoms with E-state index >= 15 is 0 Å². The SMILES string of the molecule is CC(C)OC/C=C/COc1ccccc1C(C)(C)C. The van der Waals surface area contributed by atoms with Gasteiger partial charge in [0.05, 0.1) is 12.7 Å². The largest absolute Gasteiger partial charge is 0.489 e. The molecule has 0 atom stereocenters. The maximum atomic E-state index is 5.83. The highest BCUT2D eigenvalue weighted by atomic mass is 16.5. The maximum absolute atomic E-state index is 5.83. The molecule has 0 aliphatic carbocycles. The van der Waals surface area contributed by atoms with E-state index in [-0.39, 0.29) is 11.5 Å². The molecular formula is C17H26O2. The second kappa shape index (κ2) is 7.34. The molecule has 0 fully saturated rings. The van der Waals surface area contributed by atoms with Crippen molar-refractivity contribution in [3.8, 4) is 5.75 Å². The Labute approximate surface area is 117 Å². The van der Waals surface area contributed by atoms with E-state index in [2.05, 4.69) is 32.9 Å². The molecule has 0 aromatic heterocycles. The second-order valence-corrected chi connectivity index (χ2v) is 5.91. The predicted molar refractivity (Wildman–Crippen MR) is 80.9 cm³/mol. The second-order valence-electron chi connectivity index (χ2n) is 5.91. The molecule has 0 saturated carbocycles. The summed E-state index contributed by atoms with van der Waals surface area (Å²) in [4.78, 5) is 0. The molecule has 0 bridgehead atoms. The first-order valence-corrected chi connectivity index (χ1v) is 6.90. The van der Waals surface area contributed by atoms with Crippen molar-refractivity contribution in [2.75, 3.05) is 13.2 Å². The van der Waals surface area contributed by atoms with Crippen molar-refractivity contribution in [1.29, 1.82) is 0 Å². The van der Waals surface area contributed by atoms with E-state index in [9.17, 15) is 0 Å². The highest BCUT2D eigenvalue weighted by molar-refractivity contribution is 5.38. The molecule has 2 nitrogen and oxygen atoms in total. The molecule has 0 aliphatic rings. The first kappa shape index (κ1) is 15.8. The number of para-hydroxylation sites is 1. The van der Waals surface area contributed by atoms with E-state index in [1.807, 2.05) is 38.1 Å². The van der Waals surface area contributed by atoms with Gasteiger partial charge in [0.25, 0.3) is 0 Å².